The molecule has 0 radical (unpaired) electrons. The molecular weight excluding hydrogens is 288 g/mol. The Bertz CT molecular complexity index is 518. The topological polar surface area (TPSA) is 29.5 Å². The zero-order chi connectivity index (χ0) is 15.7. The fourth-order valence-corrected chi connectivity index (χ4v) is 3.87. The number of rotatable bonds is 4. The number of hydrogen-bond donors (Lipinski definition) is 0. The monoisotopic (exact) mass is 309 g/mol. The number of nitrogens with zero attached hydrogens (tertiary/aromatic N) is 1. The number of carbonyl (C=O) groups is 1. The van der Waals surface area contributed by atoms with Gasteiger partial charge < -0.3 is 9.64 Å². The van der Waals surface area contributed by atoms with Gasteiger partial charge >= 0.3 is 6.61 Å². The first-order chi connectivity index (χ1) is 10.5. The summed E-state index contributed by atoms with van der Waals surface area (Å²) in [6, 6.07) is 7.07. The van der Waals surface area contributed by atoms with E-state index in [0.29, 0.717) is 17.6 Å². The average Bonchev–Trinajstić information content (AvgIpc) is 2.46. The summed E-state index contributed by atoms with van der Waals surface area (Å²) >= 11 is 0. The van der Waals surface area contributed by atoms with Crippen molar-refractivity contribution < 1.29 is 18.3 Å². The van der Waals surface area contributed by atoms with Crippen molar-refractivity contribution in [2.24, 2.45) is 5.92 Å². The van der Waals surface area contributed by atoms with Gasteiger partial charge in [0.15, 0.2) is 5.78 Å². The smallest absolute Gasteiger partial charge is 0.387 e. The van der Waals surface area contributed by atoms with Crippen LogP contribution in [0.5, 0.6) is 5.75 Å². The van der Waals surface area contributed by atoms with Crippen LogP contribution in [0.4, 0.5) is 8.78 Å². The third-order valence-corrected chi connectivity index (χ3v) is 5.07. The quantitative estimate of drug-likeness (QED) is 0.794. The molecule has 0 aliphatic carbocycles. The van der Waals surface area contributed by atoms with Gasteiger partial charge in [0.2, 0.25) is 0 Å². The van der Waals surface area contributed by atoms with Gasteiger partial charge in [-0.3, -0.25) is 4.79 Å². The Kier molecular flexibility index (Phi) is 4.43. The van der Waals surface area contributed by atoms with Crippen LogP contribution in [0, 0.1) is 5.92 Å². The van der Waals surface area contributed by atoms with Crippen LogP contribution < -0.4 is 4.74 Å². The maximum atomic E-state index is 12.7. The highest BCUT2D eigenvalue weighted by Crippen LogP contribution is 2.37. The largest absolute Gasteiger partial charge is 0.435 e. The van der Waals surface area contributed by atoms with Gasteiger partial charge in [-0.25, -0.2) is 0 Å². The molecule has 2 unspecified atom stereocenters. The molecule has 2 atom stereocenters. The molecule has 1 aromatic rings. The molecule has 2 saturated heterocycles. The number of ketones is 1. The number of benzene rings is 1. The van der Waals surface area contributed by atoms with Crippen molar-refractivity contribution in [1.82, 2.24) is 4.90 Å². The molecule has 0 N–H and O–H groups in total. The van der Waals surface area contributed by atoms with E-state index in [-0.39, 0.29) is 17.5 Å². The summed E-state index contributed by atoms with van der Waals surface area (Å²) in [5.74, 6) is 0.272. The van der Waals surface area contributed by atoms with E-state index in [1.165, 1.54) is 18.6 Å². The molecule has 2 heterocycles. The minimum atomic E-state index is -2.84. The average molecular weight is 309 g/mol. The molecule has 3 rings (SSSR count). The fraction of sp³-hybridized carbons (Fsp3) is 0.588. The molecule has 3 nitrogen and oxygen atoms in total. The van der Waals surface area contributed by atoms with Crippen LogP contribution >= 0.6 is 0 Å². The first-order valence-electron chi connectivity index (χ1n) is 7.85. The Labute approximate surface area is 129 Å². The minimum absolute atomic E-state index is 0.0494. The van der Waals surface area contributed by atoms with Gasteiger partial charge in [0.25, 0.3) is 0 Å². The van der Waals surface area contributed by atoms with E-state index in [9.17, 15) is 13.6 Å². The number of alkyl halides is 2. The zero-order valence-corrected chi connectivity index (χ0v) is 12.7. The summed E-state index contributed by atoms with van der Waals surface area (Å²) in [7, 11) is 2.16. The van der Waals surface area contributed by atoms with Gasteiger partial charge in [-0.15, -0.1) is 0 Å². The van der Waals surface area contributed by atoms with Gasteiger partial charge in [0.1, 0.15) is 5.75 Å². The molecule has 0 aromatic heterocycles. The van der Waals surface area contributed by atoms with Gasteiger partial charge in [0.05, 0.1) is 0 Å². The lowest BCUT2D eigenvalue weighted by Crippen LogP contribution is -2.51. The SMILES string of the molecule is CN1C2CCCC1CC(C(=O)c1ccc(OC(F)F)cc1)C2. The van der Waals surface area contributed by atoms with Crippen molar-refractivity contribution in [2.75, 3.05) is 7.05 Å². The number of halogens is 2. The van der Waals surface area contributed by atoms with Crippen LogP contribution in [0.2, 0.25) is 0 Å². The van der Waals surface area contributed by atoms with Crippen LogP contribution in [0.25, 0.3) is 0 Å². The number of ether oxygens (including phenoxy) is 1. The summed E-state index contributed by atoms with van der Waals surface area (Å²) < 4.78 is 28.6. The first-order valence-corrected chi connectivity index (χ1v) is 7.85. The van der Waals surface area contributed by atoms with E-state index in [1.807, 2.05) is 0 Å². The Morgan fingerprint density at radius 1 is 1.18 bits per heavy atom. The normalized spacial score (nSPS) is 28.6. The van der Waals surface area contributed by atoms with Crippen molar-refractivity contribution in [1.29, 1.82) is 0 Å². The van der Waals surface area contributed by atoms with Crippen molar-refractivity contribution >= 4 is 5.78 Å². The molecular formula is C17H21F2NO2. The number of piperidine rings is 2. The van der Waals surface area contributed by atoms with E-state index < -0.39 is 6.61 Å². The van der Waals surface area contributed by atoms with Crippen LogP contribution in [0.3, 0.4) is 0 Å². The molecule has 0 saturated carbocycles. The number of Topliss-reactive ketones (excluding diaryl/α,β-unsaturated/α-hetero) is 1. The lowest BCUT2D eigenvalue weighted by atomic mass is 9.76. The minimum Gasteiger partial charge on any atom is -0.435 e. The second-order valence-electron chi connectivity index (χ2n) is 6.34. The predicted molar refractivity (Wildman–Crippen MR) is 79.3 cm³/mol. The third-order valence-electron chi connectivity index (χ3n) is 5.07. The lowest BCUT2D eigenvalue weighted by Gasteiger charge is -2.46. The van der Waals surface area contributed by atoms with E-state index in [4.69, 9.17) is 0 Å². The Morgan fingerprint density at radius 3 is 2.32 bits per heavy atom. The second-order valence-corrected chi connectivity index (χ2v) is 6.34. The van der Waals surface area contributed by atoms with Gasteiger partial charge in [0, 0.05) is 23.6 Å². The van der Waals surface area contributed by atoms with E-state index in [2.05, 4.69) is 16.7 Å². The van der Waals surface area contributed by atoms with E-state index in [1.54, 1.807) is 12.1 Å². The molecule has 2 bridgehead atoms. The third kappa shape index (κ3) is 3.14. The molecule has 5 heteroatoms. The zero-order valence-electron chi connectivity index (χ0n) is 12.7. The predicted octanol–water partition coefficient (Wildman–Crippen LogP) is 3.73. The molecule has 1 aromatic carbocycles. The molecule has 0 spiro atoms. The van der Waals surface area contributed by atoms with E-state index in [0.717, 1.165) is 25.7 Å². The molecule has 120 valence electrons. The number of carbonyl (C=O) groups excluding carboxylic acids is 1. The molecule has 22 heavy (non-hydrogen) atoms. The Hall–Kier alpha value is -1.49. The maximum Gasteiger partial charge on any atom is 0.387 e. The standard InChI is InChI=1S/C17H21F2NO2/c1-20-13-3-2-4-14(20)10-12(9-13)16(21)11-5-7-15(8-6-11)22-17(18)19/h5-8,12-14,17H,2-4,9-10H2,1H3. The second kappa shape index (κ2) is 6.32. The van der Waals surface area contributed by atoms with Crippen LogP contribution in [0.15, 0.2) is 24.3 Å². The van der Waals surface area contributed by atoms with Crippen LogP contribution in [-0.2, 0) is 0 Å². The highest BCUT2D eigenvalue weighted by atomic mass is 19.3. The molecule has 2 aliphatic rings. The number of fused-ring (bicyclic) bond motifs is 2. The molecule has 0 amide bonds. The number of hydrogen-bond acceptors (Lipinski definition) is 3. The summed E-state index contributed by atoms with van der Waals surface area (Å²) in [5.41, 5.74) is 0.592. The van der Waals surface area contributed by atoms with Gasteiger partial charge in [-0.05, 0) is 57.0 Å². The highest BCUT2D eigenvalue weighted by molar-refractivity contribution is 5.98. The van der Waals surface area contributed by atoms with Gasteiger partial charge in [-0.1, -0.05) is 6.42 Å². The molecule has 2 fully saturated rings. The summed E-state index contributed by atoms with van der Waals surface area (Å²) in [5, 5.41) is 0. The first kappa shape index (κ1) is 15.4. The highest BCUT2D eigenvalue weighted by Gasteiger charge is 2.38. The van der Waals surface area contributed by atoms with Crippen molar-refractivity contribution in [3.63, 3.8) is 0 Å². The van der Waals surface area contributed by atoms with Crippen molar-refractivity contribution in [3.05, 3.63) is 29.8 Å². The van der Waals surface area contributed by atoms with Crippen LogP contribution in [0.1, 0.15) is 42.5 Å². The fourth-order valence-electron chi connectivity index (χ4n) is 3.87. The summed E-state index contributed by atoms with van der Waals surface area (Å²) in [6.07, 6.45) is 5.39. The molecule has 2 aliphatic heterocycles. The Balaban J connectivity index is 1.69. The van der Waals surface area contributed by atoms with Crippen LogP contribution in [-0.4, -0.2) is 36.4 Å². The van der Waals surface area contributed by atoms with Gasteiger partial charge in [-0.2, -0.15) is 8.78 Å². The lowest BCUT2D eigenvalue weighted by molar-refractivity contribution is -0.0498. The Morgan fingerprint density at radius 2 is 1.77 bits per heavy atom. The summed E-state index contributed by atoms with van der Waals surface area (Å²) in [4.78, 5) is 15.1. The maximum absolute atomic E-state index is 12.7. The van der Waals surface area contributed by atoms with Crippen molar-refractivity contribution in [2.45, 2.75) is 50.8 Å². The summed E-state index contributed by atoms with van der Waals surface area (Å²) in [6.45, 7) is -2.84. The van der Waals surface area contributed by atoms with E-state index >= 15 is 0 Å². The van der Waals surface area contributed by atoms with Crippen molar-refractivity contribution in [3.8, 4) is 5.75 Å².